The van der Waals surface area contributed by atoms with Crippen LogP contribution in [0.4, 0.5) is 10.5 Å². The van der Waals surface area contributed by atoms with Crippen molar-refractivity contribution in [2.45, 2.75) is 13.8 Å². The number of nitrogens with one attached hydrogen (secondary N) is 1. The SMILES string of the molecule is CC(C)CN1C(=O)C(=O)N(CC(=O)Nc2ccc(C(=O)N(C)C)cc2)C1=O. The Morgan fingerprint density at radius 2 is 1.56 bits per heavy atom. The molecule has 0 bridgehead atoms. The van der Waals surface area contributed by atoms with Gasteiger partial charge in [0.05, 0.1) is 0 Å². The van der Waals surface area contributed by atoms with Gasteiger partial charge in [0.2, 0.25) is 5.91 Å². The van der Waals surface area contributed by atoms with Crippen molar-refractivity contribution in [2.75, 3.05) is 32.5 Å². The highest BCUT2D eigenvalue weighted by atomic mass is 16.2. The quantitative estimate of drug-likeness (QED) is 0.585. The van der Waals surface area contributed by atoms with Gasteiger partial charge in [-0.15, -0.1) is 0 Å². The van der Waals surface area contributed by atoms with Crippen LogP contribution in [-0.2, 0) is 14.4 Å². The molecule has 1 aromatic carbocycles. The highest BCUT2D eigenvalue weighted by Gasteiger charge is 2.45. The molecule has 1 aliphatic heterocycles. The van der Waals surface area contributed by atoms with Crippen molar-refractivity contribution < 1.29 is 24.0 Å². The Bertz CT molecular complexity index is 785. The van der Waals surface area contributed by atoms with Gasteiger partial charge < -0.3 is 10.2 Å². The van der Waals surface area contributed by atoms with Gasteiger partial charge in [-0.2, -0.15) is 0 Å². The number of amides is 6. The lowest BCUT2D eigenvalue weighted by atomic mass is 10.2. The fourth-order valence-electron chi connectivity index (χ4n) is 2.51. The lowest BCUT2D eigenvalue weighted by Crippen LogP contribution is -2.39. The molecule has 1 N–H and O–H groups in total. The van der Waals surface area contributed by atoms with Crippen molar-refractivity contribution in [3.05, 3.63) is 29.8 Å². The van der Waals surface area contributed by atoms with E-state index in [0.717, 1.165) is 4.90 Å². The van der Waals surface area contributed by atoms with E-state index in [1.54, 1.807) is 38.4 Å². The van der Waals surface area contributed by atoms with Crippen LogP contribution in [0.25, 0.3) is 0 Å². The summed E-state index contributed by atoms with van der Waals surface area (Å²) in [6.45, 7) is 3.18. The summed E-state index contributed by atoms with van der Waals surface area (Å²) in [6, 6.07) is 5.40. The number of hydrogen-bond acceptors (Lipinski definition) is 5. The number of carbonyl (C=O) groups excluding carboxylic acids is 5. The molecule has 0 unspecified atom stereocenters. The van der Waals surface area contributed by atoms with Crippen molar-refractivity contribution in [3.63, 3.8) is 0 Å². The number of rotatable bonds is 6. The van der Waals surface area contributed by atoms with Crippen LogP contribution >= 0.6 is 0 Å². The Labute approximate surface area is 156 Å². The van der Waals surface area contributed by atoms with Crippen LogP contribution in [0.5, 0.6) is 0 Å². The van der Waals surface area contributed by atoms with Crippen molar-refractivity contribution in [1.82, 2.24) is 14.7 Å². The molecule has 0 atom stereocenters. The average molecular weight is 374 g/mol. The Morgan fingerprint density at radius 3 is 2.07 bits per heavy atom. The van der Waals surface area contributed by atoms with Gasteiger partial charge in [-0.3, -0.25) is 24.1 Å². The number of carbonyl (C=O) groups is 5. The minimum atomic E-state index is -1.01. The van der Waals surface area contributed by atoms with Crippen LogP contribution < -0.4 is 5.32 Å². The van der Waals surface area contributed by atoms with E-state index in [1.165, 1.54) is 4.90 Å². The molecule has 1 saturated heterocycles. The Morgan fingerprint density at radius 1 is 1.00 bits per heavy atom. The second kappa shape index (κ2) is 7.98. The van der Waals surface area contributed by atoms with Gasteiger partial charge in [0.25, 0.3) is 5.91 Å². The molecule has 2 rings (SSSR count). The first kappa shape index (κ1) is 20.1. The van der Waals surface area contributed by atoms with Gasteiger partial charge >= 0.3 is 17.8 Å². The molecule has 6 amide bonds. The van der Waals surface area contributed by atoms with E-state index in [2.05, 4.69) is 5.32 Å². The van der Waals surface area contributed by atoms with E-state index in [0.29, 0.717) is 16.2 Å². The highest BCUT2D eigenvalue weighted by Crippen LogP contribution is 2.15. The van der Waals surface area contributed by atoms with Crippen molar-refractivity contribution in [1.29, 1.82) is 0 Å². The summed E-state index contributed by atoms with van der Waals surface area (Å²) in [6.07, 6.45) is 0. The van der Waals surface area contributed by atoms with Crippen LogP contribution in [-0.4, -0.2) is 71.5 Å². The zero-order chi connectivity index (χ0) is 20.3. The van der Waals surface area contributed by atoms with E-state index in [-0.39, 0.29) is 18.4 Å². The van der Waals surface area contributed by atoms with Gasteiger partial charge in [0.15, 0.2) is 0 Å². The summed E-state index contributed by atoms with van der Waals surface area (Å²) in [4.78, 5) is 63.0. The third-order valence-electron chi connectivity index (χ3n) is 3.81. The summed E-state index contributed by atoms with van der Waals surface area (Å²) in [7, 11) is 3.26. The predicted octanol–water partition coefficient (Wildman–Crippen LogP) is 0.774. The fourth-order valence-corrected chi connectivity index (χ4v) is 2.51. The molecule has 9 nitrogen and oxygen atoms in total. The normalized spacial score (nSPS) is 14.2. The molecule has 0 spiro atoms. The maximum Gasteiger partial charge on any atom is 0.334 e. The van der Waals surface area contributed by atoms with Crippen LogP contribution in [0.2, 0.25) is 0 Å². The molecule has 0 aromatic heterocycles. The molecule has 1 heterocycles. The maximum atomic E-state index is 12.2. The molecule has 1 aromatic rings. The van der Waals surface area contributed by atoms with Crippen LogP contribution in [0, 0.1) is 5.92 Å². The monoisotopic (exact) mass is 374 g/mol. The van der Waals surface area contributed by atoms with E-state index in [4.69, 9.17) is 0 Å². The molecule has 1 fully saturated rings. The predicted molar refractivity (Wildman–Crippen MR) is 96.7 cm³/mol. The number of hydrogen-bond donors (Lipinski definition) is 1. The number of imide groups is 2. The van der Waals surface area contributed by atoms with E-state index in [9.17, 15) is 24.0 Å². The molecule has 9 heteroatoms. The summed E-state index contributed by atoms with van der Waals surface area (Å²) in [5, 5.41) is 2.54. The lowest BCUT2D eigenvalue weighted by molar-refractivity contribution is -0.143. The second-order valence-corrected chi connectivity index (χ2v) is 6.81. The third-order valence-corrected chi connectivity index (χ3v) is 3.81. The second-order valence-electron chi connectivity index (χ2n) is 6.81. The van der Waals surface area contributed by atoms with Crippen molar-refractivity contribution in [2.24, 2.45) is 5.92 Å². The van der Waals surface area contributed by atoms with Crippen LogP contribution in [0.1, 0.15) is 24.2 Å². The zero-order valence-electron chi connectivity index (χ0n) is 15.7. The minimum Gasteiger partial charge on any atom is -0.345 e. The number of anilines is 1. The van der Waals surface area contributed by atoms with Gasteiger partial charge in [-0.05, 0) is 30.2 Å². The topological polar surface area (TPSA) is 107 Å². The van der Waals surface area contributed by atoms with Crippen molar-refractivity contribution in [3.8, 4) is 0 Å². The maximum absolute atomic E-state index is 12.2. The van der Waals surface area contributed by atoms with Gasteiger partial charge in [-0.1, -0.05) is 13.8 Å². The number of nitrogens with zero attached hydrogens (tertiary/aromatic N) is 3. The largest absolute Gasteiger partial charge is 0.345 e. The summed E-state index contributed by atoms with van der Waals surface area (Å²) in [5.74, 6) is -2.73. The van der Waals surface area contributed by atoms with Crippen LogP contribution in [0.15, 0.2) is 24.3 Å². The summed E-state index contributed by atoms with van der Waals surface area (Å²) in [5.41, 5.74) is 0.859. The van der Waals surface area contributed by atoms with E-state index >= 15 is 0 Å². The first-order valence-electron chi connectivity index (χ1n) is 8.40. The first-order valence-corrected chi connectivity index (χ1v) is 8.40. The van der Waals surface area contributed by atoms with E-state index in [1.807, 2.05) is 13.8 Å². The van der Waals surface area contributed by atoms with Gasteiger partial charge in [0, 0.05) is 31.9 Å². The van der Waals surface area contributed by atoms with Crippen molar-refractivity contribution >= 4 is 35.3 Å². The summed E-state index contributed by atoms with van der Waals surface area (Å²) < 4.78 is 0. The first-order chi connectivity index (χ1) is 12.6. The Balaban J connectivity index is 2.01. The number of benzene rings is 1. The Hall–Kier alpha value is -3.23. The molecular weight excluding hydrogens is 352 g/mol. The summed E-state index contributed by atoms with van der Waals surface area (Å²) >= 11 is 0. The molecule has 27 heavy (non-hydrogen) atoms. The molecular formula is C18H22N4O5. The highest BCUT2D eigenvalue weighted by molar-refractivity contribution is 6.45. The standard InChI is InChI=1S/C18H22N4O5/c1-11(2)9-21-16(25)17(26)22(18(21)27)10-14(23)19-13-7-5-12(6-8-13)15(24)20(3)4/h5-8,11H,9-10H2,1-4H3,(H,19,23). The molecule has 0 radical (unpaired) electrons. The minimum absolute atomic E-state index is 0.00265. The zero-order valence-corrected chi connectivity index (χ0v) is 15.7. The molecule has 0 aliphatic carbocycles. The molecule has 1 aliphatic rings. The fraction of sp³-hybridized carbons (Fsp3) is 0.389. The molecule has 0 saturated carbocycles. The van der Waals surface area contributed by atoms with Crippen LogP contribution in [0.3, 0.4) is 0 Å². The third kappa shape index (κ3) is 4.49. The van der Waals surface area contributed by atoms with Gasteiger partial charge in [-0.25, -0.2) is 9.69 Å². The van der Waals surface area contributed by atoms with Gasteiger partial charge in [0.1, 0.15) is 6.54 Å². The smallest absolute Gasteiger partial charge is 0.334 e. The van der Waals surface area contributed by atoms with E-state index < -0.39 is 30.3 Å². The lowest BCUT2D eigenvalue weighted by Gasteiger charge is -2.17. The number of urea groups is 1. The molecule has 144 valence electrons. The Kier molecular flexibility index (Phi) is 5.94. The average Bonchev–Trinajstić information content (AvgIpc) is 2.79.